The third kappa shape index (κ3) is 6.73. The second-order valence-corrected chi connectivity index (χ2v) is 9.72. The van der Waals surface area contributed by atoms with Gasteiger partial charge in [0.2, 0.25) is 0 Å². The summed E-state index contributed by atoms with van der Waals surface area (Å²) in [7, 11) is 2.12. The molecule has 3 aromatic rings. The number of aromatic nitrogens is 1. The number of rotatable bonds is 8. The minimum Gasteiger partial charge on any atom is -0.374 e. The molecule has 184 valence electrons. The van der Waals surface area contributed by atoms with Crippen molar-refractivity contribution in [1.29, 1.82) is 0 Å². The normalized spacial score (nSPS) is 17.6. The summed E-state index contributed by atoms with van der Waals surface area (Å²) in [5.41, 5.74) is 4.04. The second kappa shape index (κ2) is 11.5. The SMILES string of the molecule is Cc1cnc(NC2CCC(NC(=O)c3ccc(F)c(Cl)c3)CC2)cc1N(C)CCc1ccccc1. The van der Waals surface area contributed by atoms with Crippen molar-refractivity contribution >= 4 is 29.0 Å². The zero-order valence-electron chi connectivity index (χ0n) is 20.2. The number of aryl methyl sites for hydroxylation is 1. The van der Waals surface area contributed by atoms with Crippen LogP contribution >= 0.6 is 11.6 Å². The third-order valence-corrected chi connectivity index (χ3v) is 6.95. The lowest BCUT2D eigenvalue weighted by Gasteiger charge is -2.30. The number of amides is 1. The number of likely N-dealkylation sites (N-methyl/N-ethyl adjacent to an activating group) is 1. The first-order valence-corrected chi connectivity index (χ1v) is 12.5. The Morgan fingerprint density at radius 1 is 1.09 bits per heavy atom. The van der Waals surface area contributed by atoms with Crippen LogP contribution in [0.5, 0.6) is 0 Å². The van der Waals surface area contributed by atoms with Gasteiger partial charge in [0, 0.05) is 49.2 Å². The molecule has 0 radical (unpaired) electrons. The maximum absolute atomic E-state index is 13.4. The van der Waals surface area contributed by atoms with E-state index in [1.54, 1.807) is 0 Å². The summed E-state index contributed by atoms with van der Waals surface area (Å²) in [6, 6.07) is 17.1. The lowest BCUT2D eigenvalue weighted by molar-refractivity contribution is 0.0926. The van der Waals surface area contributed by atoms with Crippen LogP contribution in [0.2, 0.25) is 5.02 Å². The van der Waals surface area contributed by atoms with Gasteiger partial charge in [0.15, 0.2) is 0 Å². The van der Waals surface area contributed by atoms with Gasteiger partial charge in [-0.2, -0.15) is 0 Å². The van der Waals surface area contributed by atoms with Crippen LogP contribution in [0.3, 0.4) is 0 Å². The number of nitrogens with zero attached hydrogens (tertiary/aromatic N) is 2. The van der Waals surface area contributed by atoms with E-state index in [0.717, 1.165) is 50.0 Å². The molecule has 1 heterocycles. The fraction of sp³-hybridized carbons (Fsp3) is 0.357. The van der Waals surface area contributed by atoms with Gasteiger partial charge in [0.1, 0.15) is 11.6 Å². The zero-order valence-corrected chi connectivity index (χ0v) is 21.0. The molecule has 0 atom stereocenters. The molecule has 2 aromatic carbocycles. The van der Waals surface area contributed by atoms with Crippen molar-refractivity contribution in [2.24, 2.45) is 0 Å². The van der Waals surface area contributed by atoms with E-state index in [9.17, 15) is 9.18 Å². The highest BCUT2D eigenvalue weighted by Crippen LogP contribution is 2.26. The highest BCUT2D eigenvalue weighted by Gasteiger charge is 2.23. The number of nitrogens with one attached hydrogen (secondary N) is 2. The Morgan fingerprint density at radius 3 is 2.51 bits per heavy atom. The van der Waals surface area contributed by atoms with Gasteiger partial charge in [-0.1, -0.05) is 41.9 Å². The fourth-order valence-corrected chi connectivity index (χ4v) is 4.74. The van der Waals surface area contributed by atoms with Crippen LogP contribution in [0.25, 0.3) is 0 Å². The Balaban J connectivity index is 1.28. The molecule has 0 bridgehead atoms. The van der Waals surface area contributed by atoms with Crippen LogP contribution in [0, 0.1) is 12.7 Å². The Hall–Kier alpha value is -3.12. The molecule has 1 amide bonds. The summed E-state index contributed by atoms with van der Waals surface area (Å²) in [5, 5.41) is 6.60. The first kappa shape index (κ1) is 25.0. The predicted octanol–water partition coefficient (Wildman–Crippen LogP) is 6.01. The molecule has 1 saturated carbocycles. The van der Waals surface area contributed by atoms with Gasteiger partial charge < -0.3 is 15.5 Å². The van der Waals surface area contributed by atoms with Crippen LogP contribution in [0.15, 0.2) is 60.8 Å². The Bertz CT molecular complexity index is 1150. The largest absolute Gasteiger partial charge is 0.374 e. The molecular weight excluding hydrogens is 463 g/mol. The predicted molar refractivity (Wildman–Crippen MR) is 141 cm³/mol. The molecule has 0 unspecified atom stereocenters. The molecule has 1 aliphatic rings. The number of carbonyl (C=O) groups excluding carboxylic acids is 1. The van der Waals surface area contributed by atoms with Gasteiger partial charge in [-0.25, -0.2) is 9.37 Å². The van der Waals surface area contributed by atoms with Crippen molar-refractivity contribution in [3.05, 3.63) is 88.3 Å². The fourth-order valence-electron chi connectivity index (χ4n) is 4.56. The van der Waals surface area contributed by atoms with Gasteiger partial charge in [-0.3, -0.25) is 4.79 Å². The molecule has 7 heteroatoms. The van der Waals surface area contributed by atoms with Crippen molar-refractivity contribution in [2.45, 2.75) is 51.1 Å². The minimum absolute atomic E-state index is 0.0405. The molecule has 0 spiro atoms. The van der Waals surface area contributed by atoms with Crippen LogP contribution in [-0.2, 0) is 6.42 Å². The van der Waals surface area contributed by atoms with E-state index in [-0.39, 0.29) is 17.0 Å². The smallest absolute Gasteiger partial charge is 0.251 e. The van der Waals surface area contributed by atoms with Gasteiger partial charge >= 0.3 is 0 Å². The first-order valence-electron chi connectivity index (χ1n) is 12.1. The maximum Gasteiger partial charge on any atom is 0.251 e. The maximum atomic E-state index is 13.4. The van der Waals surface area contributed by atoms with Crippen molar-refractivity contribution in [2.75, 3.05) is 23.8 Å². The Labute approximate surface area is 211 Å². The lowest BCUT2D eigenvalue weighted by atomic mass is 9.91. The van der Waals surface area contributed by atoms with E-state index in [4.69, 9.17) is 11.6 Å². The van der Waals surface area contributed by atoms with Crippen molar-refractivity contribution in [3.63, 3.8) is 0 Å². The standard InChI is InChI=1S/C28H32ClFN4O/c1-19-18-31-27(17-26(19)34(2)15-14-20-6-4-3-5-7-20)32-22-9-11-23(12-10-22)33-28(35)21-8-13-25(30)24(29)16-21/h3-8,13,16-18,22-23H,9-12,14-15H2,1-2H3,(H,31,32)(H,33,35). The van der Waals surface area contributed by atoms with Gasteiger partial charge in [-0.15, -0.1) is 0 Å². The van der Waals surface area contributed by atoms with E-state index >= 15 is 0 Å². The van der Waals surface area contributed by atoms with Crippen LogP contribution < -0.4 is 15.5 Å². The van der Waals surface area contributed by atoms with Crippen molar-refractivity contribution < 1.29 is 9.18 Å². The molecular formula is C28H32ClFN4O. The molecule has 4 rings (SSSR count). The number of anilines is 2. The minimum atomic E-state index is -0.523. The summed E-state index contributed by atoms with van der Waals surface area (Å²) < 4.78 is 13.4. The van der Waals surface area contributed by atoms with E-state index in [0.29, 0.717) is 11.6 Å². The average Bonchev–Trinajstić information content (AvgIpc) is 2.87. The van der Waals surface area contributed by atoms with E-state index in [1.165, 1.54) is 29.4 Å². The summed E-state index contributed by atoms with van der Waals surface area (Å²) in [6.07, 6.45) is 6.52. The first-order chi connectivity index (χ1) is 16.9. The highest BCUT2D eigenvalue weighted by molar-refractivity contribution is 6.31. The van der Waals surface area contributed by atoms with Gasteiger partial charge in [-0.05, 0) is 68.4 Å². The Kier molecular flexibility index (Phi) is 8.24. The van der Waals surface area contributed by atoms with E-state index in [1.807, 2.05) is 12.3 Å². The van der Waals surface area contributed by atoms with Gasteiger partial charge in [0.05, 0.1) is 5.02 Å². The van der Waals surface area contributed by atoms with Crippen molar-refractivity contribution in [1.82, 2.24) is 10.3 Å². The molecule has 1 aliphatic carbocycles. The van der Waals surface area contributed by atoms with Crippen LogP contribution in [0.1, 0.15) is 47.2 Å². The number of hydrogen-bond acceptors (Lipinski definition) is 4. The topological polar surface area (TPSA) is 57.3 Å². The molecule has 2 N–H and O–H groups in total. The molecule has 0 saturated heterocycles. The molecule has 5 nitrogen and oxygen atoms in total. The number of hydrogen-bond donors (Lipinski definition) is 2. The monoisotopic (exact) mass is 494 g/mol. The van der Waals surface area contributed by atoms with Crippen LogP contribution in [-0.4, -0.2) is 36.6 Å². The highest BCUT2D eigenvalue weighted by atomic mass is 35.5. The van der Waals surface area contributed by atoms with E-state index in [2.05, 4.69) is 64.8 Å². The molecule has 35 heavy (non-hydrogen) atoms. The van der Waals surface area contributed by atoms with Crippen molar-refractivity contribution in [3.8, 4) is 0 Å². The number of benzene rings is 2. The quantitative estimate of drug-likeness (QED) is 0.402. The molecule has 1 aromatic heterocycles. The molecule has 1 fully saturated rings. The third-order valence-electron chi connectivity index (χ3n) is 6.66. The summed E-state index contributed by atoms with van der Waals surface area (Å²) in [4.78, 5) is 19.4. The molecule has 0 aliphatic heterocycles. The summed E-state index contributed by atoms with van der Waals surface area (Å²) >= 11 is 5.81. The summed E-state index contributed by atoms with van der Waals surface area (Å²) in [6.45, 7) is 3.02. The number of pyridine rings is 1. The number of halogens is 2. The second-order valence-electron chi connectivity index (χ2n) is 9.31. The lowest BCUT2D eigenvalue weighted by Crippen LogP contribution is -2.40. The average molecular weight is 495 g/mol. The summed E-state index contributed by atoms with van der Waals surface area (Å²) in [5.74, 6) is 0.141. The van der Waals surface area contributed by atoms with Gasteiger partial charge in [0.25, 0.3) is 5.91 Å². The van der Waals surface area contributed by atoms with E-state index < -0.39 is 5.82 Å². The number of carbonyl (C=O) groups is 1. The van der Waals surface area contributed by atoms with Crippen LogP contribution in [0.4, 0.5) is 15.9 Å². The zero-order chi connectivity index (χ0) is 24.8. The Morgan fingerprint density at radius 2 is 1.80 bits per heavy atom.